The van der Waals surface area contributed by atoms with Gasteiger partial charge in [0.2, 0.25) is 5.91 Å². The number of ether oxygens (including phenoxy) is 1. The van der Waals surface area contributed by atoms with Gasteiger partial charge in [-0.15, -0.1) is 0 Å². The summed E-state index contributed by atoms with van der Waals surface area (Å²) in [7, 11) is 1.34. The smallest absolute Gasteiger partial charge is 0.307 e. The number of hydrogen-bond donors (Lipinski definition) is 1. The number of amides is 2. The Kier molecular flexibility index (Phi) is 6.93. The quantitative estimate of drug-likeness (QED) is 0.712. The van der Waals surface area contributed by atoms with E-state index in [1.807, 2.05) is 29.2 Å². The lowest BCUT2D eigenvalue weighted by Crippen LogP contribution is -2.62. The van der Waals surface area contributed by atoms with E-state index < -0.39 is 11.5 Å². The van der Waals surface area contributed by atoms with E-state index in [9.17, 15) is 14.4 Å². The van der Waals surface area contributed by atoms with Gasteiger partial charge in [0.05, 0.1) is 25.0 Å². The maximum Gasteiger partial charge on any atom is 0.307 e. The van der Waals surface area contributed by atoms with Crippen LogP contribution in [0.15, 0.2) is 24.3 Å². The molecule has 1 aliphatic carbocycles. The molecule has 6 heteroatoms. The summed E-state index contributed by atoms with van der Waals surface area (Å²) in [5.74, 6) is -0.806. The first-order valence-electron chi connectivity index (χ1n) is 10.8. The third-order valence-electron chi connectivity index (χ3n) is 6.40. The third-order valence-corrected chi connectivity index (χ3v) is 6.40. The fourth-order valence-electron chi connectivity index (χ4n) is 4.98. The van der Waals surface area contributed by atoms with Crippen molar-refractivity contribution in [2.75, 3.05) is 20.2 Å². The van der Waals surface area contributed by atoms with Gasteiger partial charge in [-0.2, -0.15) is 0 Å². The van der Waals surface area contributed by atoms with Crippen LogP contribution in [-0.2, 0) is 14.3 Å². The fourth-order valence-corrected chi connectivity index (χ4v) is 4.98. The maximum atomic E-state index is 13.4. The van der Waals surface area contributed by atoms with E-state index in [4.69, 9.17) is 0 Å². The molecule has 0 saturated heterocycles. The van der Waals surface area contributed by atoms with Gasteiger partial charge >= 0.3 is 5.97 Å². The summed E-state index contributed by atoms with van der Waals surface area (Å²) in [6.07, 6.45) is 6.91. The molecule has 29 heavy (non-hydrogen) atoms. The van der Waals surface area contributed by atoms with Gasteiger partial charge in [-0.3, -0.25) is 14.4 Å². The normalized spacial score (nSPS) is 20.3. The second-order valence-corrected chi connectivity index (χ2v) is 8.11. The highest BCUT2D eigenvalue weighted by atomic mass is 16.5. The molecule has 1 heterocycles. The summed E-state index contributed by atoms with van der Waals surface area (Å²) < 4.78 is 4.68. The Balaban J connectivity index is 1.98. The van der Waals surface area contributed by atoms with Crippen molar-refractivity contribution in [2.24, 2.45) is 0 Å². The molecule has 1 aromatic carbocycles. The summed E-state index contributed by atoms with van der Waals surface area (Å²) in [5, 5.41) is 2.94. The zero-order valence-electron chi connectivity index (χ0n) is 17.5. The molecule has 6 nitrogen and oxygen atoms in total. The highest BCUT2D eigenvalue weighted by molar-refractivity contribution is 6.02. The van der Waals surface area contributed by atoms with Crippen LogP contribution in [0.4, 0.5) is 0 Å². The van der Waals surface area contributed by atoms with Crippen molar-refractivity contribution < 1.29 is 19.1 Å². The van der Waals surface area contributed by atoms with Crippen LogP contribution in [0.25, 0.3) is 0 Å². The Morgan fingerprint density at radius 1 is 1.21 bits per heavy atom. The Morgan fingerprint density at radius 2 is 1.93 bits per heavy atom. The first-order chi connectivity index (χ1) is 14.0. The molecule has 3 rings (SSSR count). The molecule has 158 valence electrons. The van der Waals surface area contributed by atoms with E-state index in [1.54, 1.807) is 0 Å². The molecule has 2 amide bonds. The summed E-state index contributed by atoms with van der Waals surface area (Å²) in [6.45, 7) is 3.03. The number of rotatable bonds is 7. The molecule has 1 saturated carbocycles. The summed E-state index contributed by atoms with van der Waals surface area (Å²) in [5.41, 5.74) is 0.976. The van der Waals surface area contributed by atoms with Gasteiger partial charge < -0.3 is 15.0 Å². The van der Waals surface area contributed by atoms with Crippen LogP contribution in [0.3, 0.4) is 0 Å². The average molecular weight is 401 g/mol. The Morgan fingerprint density at radius 3 is 2.62 bits per heavy atom. The van der Waals surface area contributed by atoms with Crippen LogP contribution in [0.2, 0.25) is 0 Å². The minimum absolute atomic E-state index is 0.0505. The number of fused-ring (bicyclic) bond motifs is 1. The second-order valence-electron chi connectivity index (χ2n) is 8.11. The van der Waals surface area contributed by atoms with Crippen molar-refractivity contribution >= 4 is 17.8 Å². The zero-order valence-corrected chi connectivity index (χ0v) is 17.5. The van der Waals surface area contributed by atoms with E-state index in [0.717, 1.165) is 50.5 Å². The number of methoxy groups -OCH3 is 1. The van der Waals surface area contributed by atoms with Crippen LogP contribution < -0.4 is 5.32 Å². The van der Waals surface area contributed by atoms with Crippen molar-refractivity contribution in [3.8, 4) is 0 Å². The molecule has 1 fully saturated rings. The number of nitrogens with zero attached hydrogens (tertiary/aromatic N) is 1. The third kappa shape index (κ3) is 4.16. The minimum Gasteiger partial charge on any atom is -0.469 e. The van der Waals surface area contributed by atoms with E-state index in [-0.39, 0.29) is 30.7 Å². The van der Waals surface area contributed by atoms with E-state index in [2.05, 4.69) is 17.0 Å². The Bertz CT molecular complexity index is 755. The molecule has 1 aliphatic heterocycles. The molecule has 0 radical (unpaired) electrons. The molecule has 0 bridgehead atoms. The average Bonchev–Trinajstić information content (AvgIpc) is 2.74. The van der Waals surface area contributed by atoms with E-state index >= 15 is 0 Å². The predicted octanol–water partition coefficient (Wildman–Crippen LogP) is 3.41. The maximum absolute atomic E-state index is 13.4. The van der Waals surface area contributed by atoms with Gasteiger partial charge in [0, 0.05) is 18.7 Å². The van der Waals surface area contributed by atoms with Gasteiger partial charge in [-0.1, -0.05) is 50.8 Å². The van der Waals surface area contributed by atoms with Crippen molar-refractivity contribution in [1.82, 2.24) is 10.2 Å². The predicted molar refractivity (Wildman–Crippen MR) is 111 cm³/mol. The number of unbranched alkanes of at least 4 members (excludes halogenated alkanes) is 1. The second kappa shape index (κ2) is 9.42. The lowest BCUT2D eigenvalue weighted by molar-refractivity contribution is -0.140. The molecular weight excluding hydrogens is 368 g/mol. The Labute approximate surface area is 173 Å². The lowest BCUT2D eigenvalue weighted by Gasteiger charge is -2.53. The molecular formula is C23H32N2O4. The fraction of sp³-hybridized carbons (Fsp3) is 0.609. The monoisotopic (exact) mass is 400 g/mol. The van der Waals surface area contributed by atoms with Crippen molar-refractivity contribution in [3.63, 3.8) is 0 Å². The van der Waals surface area contributed by atoms with Gasteiger partial charge in [0.25, 0.3) is 5.91 Å². The topological polar surface area (TPSA) is 75.7 Å². The molecule has 0 unspecified atom stereocenters. The number of benzene rings is 1. The molecule has 2 aliphatic rings. The van der Waals surface area contributed by atoms with Crippen LogP contribution >= 0.6 is 0 Å². The highest BCUT2D eigenvalue weighted by Crippen LogP contribution is 2.49. The van der Waals surface area contributed by atoms with Crippen molar-refractivity contribution in [3.05, 3.63) is 35.4 Å². The highest BCUT2D eigenvalue weighted by Gasteiger charge is 2.54. The van der Waals surface area contributed by atoms with Crippen molar-refractivity contribution in [2.45, 2.75) is 69.7 Å². The summed E-state index contributed by atoms with van der Waals surface area (Å²) in [6, 6.07) is 7.52. The molecule has 0 aromatic heterocycles. The standard InChI is InChI=1S/C23H32N2O4/c1-3-4-16-25-22(28)18-11-7-6-10-17(18)20(23(25)13-8-5-9-14-23)21(27)24-15-12-19(26)29-2/h6-7,10-11,20H,3-5,8-9,12-16H2,1-2H3,(H,24,27)/t20-/m0/s1. The van der Waals surface area contributed by atoms with Gasteiger partial charge in [0.1, 0.15) is 0 Å². The van der Waals surface area contributed by atoms with Crippen LogP contribution in [0.5, 0.6) is 0 Å². The number of hydrogen-bond acceptors (Lipinski definition) is 4. The lowest BCUT2D eigenvalue weighted by atomic mass is 9.65. The largest absolute Gasteiger partial charge is 0.469 e. The van der Waals surface area contributed by atoms with Crippen LogP contribution in [0, 0.1) is 0 Å². The number of carbonyl (C=O) groups is 3. The van der Waals surface area contributed by atoms with Crippen LogP contribution in [-0.4, -0.2) is 48.4 Å². The number of nitrogens with one attached hydrogen (secondary N) is 1. The van der Waals surface area contributed by atoms with Gasteiger partial charge in [0.15, 0.2) is 0 Å². The number of carbonyl (C=O) groups excluding carboxylic acids is 3. The molecule has 1 atom stereocenters. The summed E-state index contributed by atoms with van der Waals surface area (Å²) in [4.78, 5) is 40.3. The molecule has 1 N–H and O–H groups in total. The number of esters is 1. The van der Waals surface area contributed by atoms with Crippen LogP contribution in [0.1, 0.15) is 80.1 Å². The molecule has 1 aromatic rings. The van der Waals surface area contributed by atoms with E-state index in [1.165, 1.54) is 7.11 Å². The molecule has 1 spiro atoms. The SMILES string of the molecule is CCCCN1C(=O)c2ccccc2[C@@H](C(=O)NCCC(=O)OC)C12CCCCC2. The van der Waals surface area contributed by atoms with Gasteiger partial charge in [-0.25, -0.2) is 0 Å². The minimum atomic E-state index is -0.478. The zero-order chi connectivity index (χ0) is 20.9. The van der Waals surface area contributed by atoms with Crippen molar-refractivity contribution in [1.29, 1.82) is 0 Å². The first-order valence-corrected chi connectivity index (χ1v) is 10.8. The Hall–Kier alpha value is -2.37. The first kappa shape index (κ1) is 21.3. The summed E-state index contributed by atoms with van der Waals surface area (Å²) >= 11 is 0. The van der Waals surface area contributed by atoms with Gasteiger partial charge in [-0.05, 0) is 30.9 Å². The van der Waals surface area contributed by atoms with E-state index in [0.29, 0.717) is 12.1 Å².